The molecule has 0 unspecified atom stereocenters. The molecule has 2 aliphatic heterocycles. The third-order valence-corrected chi connectivity index (χ3v) is 9.58. The minimum absolute atomic E-state index is 0.0113. The lowest BCUT2D eigenvalue weighted by atomic mass is 9.89. The largest absolute Gasteiger partial charge is 0.395 e. The van der Waals surface area contributed by atoms with Crippen molar-refractivity contribution >= 4 is 5.91 Å². The van der Waals surface area contributed by atoms with E-state index >= 15 is 0 Å². The van der Waals surface area contributed by atoms with Crippen LogP contribution in [0, 0.1) is 35.0 Å². The normalized spacial score (nSPS) is 22.5. The molecule has 2 aliphatic rings. The van der Waals surface area contributed by atoms with Crippen molar-refractivity contribution in [3.8, 4) is 11.1 Å². The van der Waals surface area contributed by atoms with Gasteiger partial charge in [-0.2, -0.15) is 0 Å². The quantitative estimate of drug-likeness (QED) is 0.0970. The predicted octanol–water partition coefficient (Wildman–Crippen LogP) is 6.72. The molecule has 1 amide bonds. The van der Waals surface area contributed by atoms with Gasteiger partial charge in [0.2, 0.25) is 5.82 Å². The van der Waals surface area contributed by atoms with Crippen molar-refractivity contribution in [3.63, 3.8) is 0 Å². The number of halogens is 5. The zero-order valence-corrected chi connectivity index (χ0v) is 27.2. The summed E-state index contributed by atoms with van der Waals surface area (Å²) in [6.07, 6.45) is 0.770. The highest BCUT2D eigenvalue weighted by molar-refractivity contribution is 5.94. The first-order chi connectivity index (χ1) is 24.1. The number of aliphatic hydroxyl groups excluding tert-OH is 2. The summed E-state index contributed by atoms with van der Waals surface area (Å²) in [4.78, 5) is 14.7. The molecule has 6 rings (SSSR count). The van der Waals surface area contributed by atoms with Crippen LogP contribution in [0.1, 0.15) is 64.8 Å². The number of hydrogen-bond donors (Lipinski definition) is 3. The van der Waals surface area contributed by atoms with Gasteiger partial charge in [-0.1, -0.05) is 73.7 Å². The van der Waals surface area contributed by atoms with Crippen molar-refractivity contribution in [2.24, 2.45) is 5.92 Å². The summed E-state index contributed by atoms with van der Waals surface area (Å²) in [7, 11) is 0. The highest BCUT2D eigenvalue weighted by atomic mass is 19.2. The Labute approximate surface area is 286 Å². The molecule has 3 N–H and O–H groups in total. The average Bonchev–Trinajstić information content (AvgIpc) is 3.60. The van der Waals surface area contributed by atoms with E-state index in [1.807, 2.05) is 54.6 Å². The molecule has 0 spiro atoms. The number of rotatable bonds is 10. The summed E-state index contributed by atoms with van der Waals surface area (Å²) in [6.45, 7) is 3.42. The van der Waals surface area contributed by atoms with Crippen LogP contribution >= 0.6 is 0 Å². The topological polar surface area (TPSA) is 91.3 Å². The molecule has 0 aliphatic carbocycles. The summed E-state index contributed by atoms with van der Waals surface area (Å²) in [5, 5.41) is 21.7. The molecule has 50 heavy (non-hydrogen) atoms. The number of aliphatic hydroxyl groups is 2. The predicted molar refractivity (Wildman–Crippen MR) is 174 cm³/mol. The first-order valence-corrected chi connectivity index (χ1v) is 16.4. The maximum Gasteiger partial charge on any atom is 0.257 e. The average molecular weight is 697 g/mol. The highest BCUT2D eigenvalue weighted by Gasteiger charge is 2.40. The van der Waals surface area contributed by atoms with E-state index in [2.05, 4.69) is 17.1 Å². The number of hydrogen-bond acceptors (Lipinski definition) is 6. The van der Waals surface area contributed by atoms with Gasteiger partial charge in [0, 0.05) is 30.6 Å². The summed E-state index contributed by atoms with van der Waals surface area (Å²) < 4.78 is 82.0. The third-order valence-electron chi connectivity index (χ3n) is 9.58. The van der Waals surface area contributed by atoms with E-state index in [4.69, 9.17) is 9.47 Å². The van der Waals surface area contributed by atoms with Gasteiger partial charge in [0.05, 0.1) is 25.4 Å². The van der Waals surface area contributed by atoms with Gasteiger partial charge in [0.25, 0.3) is 5.91 Å². The van der Waals surface area contributed by atoms with Gasteiger partial charge < -0.3 is 25.0 Å². The Morgan fingerprint density at radius 2 is 1.48 bits per heavy atom. The molecule has 7 nitrogen and oxygen atoms in total. The zero-order valence-electron chi connectivity index (χ0n) is 27.2. The second-order valence-corrected chi connectivity index (χ2v) is 12.7. The summed E-state index contributed by atoms with van der Waals surface area (Å²) in [6, 6.07) is 22.2. The lowest BCUT2D eigenvalue weighted by molar-refractivity contribution is -0.276. The maximum atomic E-state index is 14.1. The van der Waals surface area contributed by atoms with E-state index in [1.54, 1.807) is 18.2 Å². The summed E-state index contributed by atoms with van der Waals surface area (Å²) in [5.74, 6) is -12.6. The fraction of sp³-hybridized carbons (Fsp3) is 0.342. The van der Waals surface area contributed by atoms with Crippen LogP contribution in [-0.4, -0.2) is 52.9 Å². The fourth-order valence-electron chi connectivity index (χ4n) is 6.67. The molecule has 0 aromatic heterocycles. The molecule has 264 valence electrons. The SMILES string of the molecule is C[C@@H]1[C@H](CN2CCC[C@H]2CO)O[C@H](c2ccc(-c3cccc(CNC(=O)c4c(F)c(F)c(F)c(F)c4F)c3)cc2)O[C@@H]1c1ccc(CO)cc1. The van der Waals surface area contributed by atoms with Gasteiger partial charge in [-0.05, 0) is 53.3 Å². The smallest absolute Gasteiger partial charge is 0.257 e. The van der Waals surface area contributed by atoms with E-state index in [9.17, 15) is 37.0 Å². The molecule has 2 heterocycles. The van der Waals surface area contributed by atoms with Gasteiger partial charge in [-0.25, -0.2) is 22.0 Å². The van der Waals surface area contributed by atoms with E-state index < -0.39 is 46.8 Å². The monoisotopic (exact) mass is 696 g/mol. The van der Waals surface area contributed by atoms with Crippen molar-refractivity contribution < 1.29 is 46.4 Å². The lowest BCUT2D eigenvalue weighted by Gasteiger charge is -2.43. The molecular weight excluding hydrogens is 659 g/mol. The number of benzene rings is 4. The first-order valence-electron chi connectivity index (χ1n) is 16.4. The minimum atomic E-state index is -2.34. The van der Waals surface area contributed by atoms with Crippen LogP contribution < -0.4 is 5.32 Å². The number of carbonyl (C=O) groups is 1. The fourth-order valence-corrected chi connectivity index (χ4v) is 6.67. The molecule has 0 radical (unpaired) electrons. The Morgan fingerprint density at radius 1 is 0.820 bits per heavy atom. The molecule has 4 aromatic carbocycles. The van der Waals surface area contributed by atoms with Gasteiger partial charge in [0.15, 0.2) is 29.6 Å². The van der Waals surface area contributed by atoms with E-state index in [-0.39, 0.29) is 43.9 Å². The minimum Gasteiger partial charge on any atom is -0.395 e. The lowest BCUT2D eigenvalue weighted by Crippen LogP contribution is -2.46. The number of ether oxygens (including phenoxy) is 2. The molecule has 4 aromatic rings. The number of nitrogens with one attached hydrogen (secondary N) is 1. The molecule has 12 heteroatoms. The Hall–Kier alpha value is -4.20. The summed E-state index contributed by atoms with van der Waals surface area (Å²) >= 11 is 0. The molecule has 0 saturated carbocycles. The first kappa shape index (κ1) is 35.6. The third kappa shape index (κ3) is 7.31. The van der Waals surface area contributed by atoms with Gasteiger partial charge in [-0.3, -0.25) is 9.69 Å². The van der Waals surface area contributed by atoms with Gasteiger partial charge in [0.1, 0.15) is 5.56 Å². The van der Waals surface area contributed by atoms with Gasteiger partial charge in [-0.15, -0.1) is 0 Å². The van der Waals surface area contributed by atoms with Crippen LogP contribution in [0.25, 0.3) is 11.1 Å². The second kappa shape index (κ2) is 15.4. The van der Waals surface area contributed by atoms with Crippen LogP contribution in [0.2, 0.25) is 0 Å². The van der Waals surface area contributed by atoms with Crippen LogP contribution in [0.3, 0.4) is 0 Å². The van der Waals surface area contributed by atoms with Crippen LogP contribution in [0.15, 0.2) is 72.8 Å². The number of amides is 1. The molecule has 5 atom stereocenters. The molecular formula is C38H37F5N2O5. The second-order valence-electron chi connectivity index (χ2n) is 12.7. The zero-order chi connectivity index (χ0) is 35.5. The van der Waals surface area contributed by atoms with E-state index in [0.29, 0.717) is 12.1 Å². The Morgan fingerprint density at radius 3 is 2.14 bits per heavy atom. The van der Waals surface area contributed by atoms with Crippen molar-refractivity contribution in [2.75, 3.05) is 19.7 Å². The number of likely N-dealkylation sites (tertiary alicyclic amines) is 1. The standard InChI is InChI=1S/C38H37F5N2O5/c1-21-29(18-45-15-3-6-28(45)20-47)49-38(50-36(21)25-9-7-22(19-46)8-10-25)26-13-11-24(12-14-26)27-5-2-4-23(16-27)17-44-37(48)30-31(39)33(41)35(43)34(42)32(30)40/h2,4-5,7-14,16,21,28-29,36,38,46-47H,3,6,15,17-20H2,1H3,(H,44,48)/t21-,28+,29+,36+,38+/m1/s1. The Bertz CT molecular complexity index is 1800. The molecule has 2 saturated heterocycles. The van der Waals surface area contributed by atoms with Crippen molar-refractivity contribution in [3.05, 3.63) is 130 Å². The van der Waals surface area contributed by atoms with Crippen molar-refractivity contribution in [1.82, 2.24) is 10.2 Å². The number of carbonyl (C=O) groups excluding carboxylic acids is 1. The van der Waals surface area contributed by atoms with Crippen LogP contribution in [0.5, 0.6) is 0 Å². The van der Waals surface area contributed by atoms with Crippen molar-refractivity contribution in [2.45, 2.75) is 57.5 Å². The molecule has 0 bridgehead atoms. The van der Waals surface area contributed by atoms with E-state index in [1.165, 1.54) is 0 Å². The van der Waals surface area contributed by atoms with Crippen molar-refractivity contribution in [1.29, 1.82) is 0 Å². The Balaban J connectivity index is 1.18. The van der Waals surface area contributed by atoms with Crippen LogP contribution in [0.4, 0.5) is 22.0 Å². The molecule has 2 fully saturated rings. The maximum absolute atomic E-state index is 14.1. The number of nitrogens with zero attached hydrogens (tertiary/aromatic N) is 1. The Kier molecular flexibility index (Phi) is 10.9. The van der Waals surface area contributed by atoms with Gasteiger partial charge >= 0.3 is 0 Å². The van der Waals surface area contributed by atoms with Crippen LogP contribution in [-0.2, 0) is 22.6 Å². The highest BCUT2D eigenvalue weighted by Crippen LogP contribution is 2.42. The van der Waals surface area contributed by atoms with E-state index in [0.717, 1.165) is 47.2 Å². The summed E-state index contributed by atoms with van der Waals surface area (Å²) in [5.41, 5.74) is 3.09.